The van der Waals surface area contributed by atoms with Gasteiger partial charge in [0.15, 0.2) is 6.10 Å². The van der Waals surface area contributed by atoms with E-state index in [0.717, 1.165) is 29.9 Å². The van der Waals surface area contributed by atoms with Crippen LogP contribution >= 0.6 is 0 Å². The number of quaternary nitrogens is 1. The van der Waals surface area contributed by atoms with Crippen LogP contribution in [0.5, 0.6) is 0 Å². The van der Waals surface area contributed by atoms with Gasteiger partial charge in [0.1, 0.15) is 24.7 Å². The molecular weight excluding hydrogens is 286 g/mol. The van der Waals surface area contributed by atoms with E-state index in [0.29, 0.717) is 6.42 Å². The SMILES string of the molecule is Fc1ccc(C[NH2+]C[C@@H]2CC(c3ccc(F)cc3)=NO2)cc1. The zero-order valence-electron chi connectivity index (χ0n) is 12.0. The first-order valence-electron chi connectivity index (χ1n) is 7.25. The summed E-state index contributed by atoms with van der Waals surface area (Å²) in [6, 6.07) is 12.8. The van der Waals surface area contributed by atoms with E-state index >= 15 is 0 Å². The zero-order chi connectivity index (χ0) is 15.4. The molecule has 5 heteroatoms. The molecule has 0 amide bonds. The van der Waals surface area contributed by atoms with E-state index in [1.165, 1.54) is 24.3 Å². The number of nitrogens with zero attached hydrogens (tertiary/aromatic N) is 1. The summed E-state index contributed by atoms with van der Waals surface area (Å²) in [6.45, 7) is 1.54. The Kier molecular flexibility index (Phi) is 4.44. The molecule has 2 N–H and O–H groups in total. The summed E-state index contributed by atoms with van der Waals surface area (Å²) in [5, 5.41) is 6.19. The molecule has 0 aromatic heterocycles. The molecule has 1 heterocycles. The normalized spacial score (nSPS) is 17.2. The number of hydrogen-bond donors (Lipinski definition) is 1. The first kappa shape index (κ1) is 14.7. The number of nitrogens with two attached hydrogens (primary N) is 1. The van der Waals surface area contributed by atoms with E-state index in [4.69, 9.17) is 4.84 Å². The van der Waals surface area contributed by atoms with Gasteiger partial charge in [-0.3, -0.25) is 0 Å². The average Bonchev–Trinajstić information content (AvgIpc) is 2.99. The quantitative estimate of drug-likeness (QED) is 0.904. The Balaban J connectivity index is 1.46. The molecule has 0 bridgehead atoms. The molecule has 114 valence electrons. The number of rotatable bonds is 5. The van der Waals surface area contributed by atoms with Crippen molar-refractivity contribution in [1.82, 2.24) is 0 Å². The van der Waals surface area contributed by atoms with Crippen LogP contribution in [0.4, 0.5) is 8.78 Å². The highest BCUT2D eigenvalue weighted by atomic mass is 19.1. The van der Waals surface area contributed by atoms with Gasteiger partial charge in [0, 0.05) is 12.0 Å². The minimum atomic E-state index is -0.257. The molecule has 0 saturated heterocycles. The highest BCUT2D eigenvalue weighted by Gasteiger charge is 2.23. The van der Waals surface area contributed by atoms with Crippen molar-refractivity contribution in [3.05, 3.63) is 71.3 Å². The van der Waals surface area contributed by atoms with Crippen molar-refractivity contribution in [2.24, 2.45) is 5.16 Å². The van der Waals surface area contributed by atoms with E-state index in [9.17, 15) is 8.78 Å². The van der Waals surface area contributed by atoms with Crippen LogP contribution in [0.2, 0.25) is 0 Å². The van der Waals surface area contributed by atoms with Crippen LogP contribution < -0.4 is 5.32 Å². The second-order valence-electron chi connectivity index (χ2n) is 5.33. The van der Waals surface area contributed by atoms with Crippen molar-refractivity contribution in [3.63, 3.8) is 0 Å². The van der Waals surface area contributed by atoms with E-state index in [1.54, 1.807) is 24.3 Å². The summed E-state index contributed by atoms with van der Waals surface area (Å²) in [5.74, 6) is -0.479. The molecule has 0 fully saturated rings. The van der Waals surface area contributed by atoms with Crippen molar-refractivity contribution in [2.45, 2.75) is 19.1 Å². The largest absolute Gasteiger partial charge is 0.386 e. The van der Waals surface area contributed by atoms with Gasteiger partial charge in [0.2, 0.25) is 0 Å². The van der Waals surface area contributed by atoms with Crippen LogP contribution in [0.15, 0.2) is 53.7 Å². The predicted octanol–water partition coefficient (Wildman–Crippen LogP) is 2.22. The minimum Gasteiger partial charge on any atom is -0.386 e. The maximum atomic E-state index is 12.9. The first-order valence-corrected chi connectivity index (χ1v) is 7.25. The van der Waals surface area contributed by atoms with Gasteiger partial charge in [0.25, 0.3) is 0 Å². The van der Waals surface area contributed by atoms with Crippen LogP contribution in [0.1, 0.15) is 17.5 Å². The highest BCUT2D eigenvalue weighted by molar-refractivity contribution is 6.01. The lowest BCUT2D eigenvalue weighted by Crippen LogP contribution is -2.84. The predicted molar refractivity (Wildman–Crippen MR) is 79.3 cm³/mol. The third-order valence-electron chi connectivity index (χ3n) is 3.63. The van der Waals surface area contributed by atoms with E-state index in [2.05, 4.69) is 10.5 Å². The lowest BCUT2D eigenvalue weighted by atomic mass is 10.1. The van der Waals surface area contributed by atoms with Crippen molar-refractivity contribution >= 4 is 5.71 Å². The summed E-state index contributed by atoms with van der Waals surface area (Å²) in [4.78, 5) is 5.41. The standard InChI is InChI=1S/C17H16F2N2O/c18-14-5-1-12(2-6-14)10-20-11-16-9-17(21-22-16)13-3-7-15(19)8-4-13/h1-8,16,20H,9-11H2/p+1/t16-/m0/s1. The maximum Gasteiger partial charge on any atom is 0.181 e. The highest BCUT2D eigenvalue weighted by Crippen LogP contribution is 2.16. The molecule has 3 rings (SSSR count). The number of halogens is 2. The van der Waals surface area contributed by atoms with Crippen molar-refractivity contribution < 1.29 is 18.9 Å². The second-order valence-corrected chi connectivity index (χ2v) is 5.33. The minimum absolute atomic E-state index is 0.0144. The first-order chi connectivity index (χ1) is 10.7. The summed E-state index contributed by atoms with van der Waals surface area (Å²) in [7, 11) is 0. The third kappa shape index (κ3) is 3.68. The molecular formula is C17H17F2N2O+. The monoisotopic (exact) mass is 303 g/mol. The Labute approximate surface area is 127 Å². The Bertz CT molecular complexity index is 653. The summed E-state index contributed by atoms with van der Waals surface area (Å²) in [5.41, 5.74) is 2.81. The molecule has 0 aliphatic carbocycles. The Morgan fingerprint density at radius 1 is 1.00 bits per heavy atom. The fourth-order valence-electron chi connectivity index (χ4n) is 2.42. The van der Waals surface area contributed by atoms with Gasteiger partial charge in [-0.2, -0.15) is 0 Å². The number of hydrogen-bond acceptors (Lipinski definition) is 2. The molecule has 1 aliphatic rings. The average molecular weight is 303 g/mol. The summed E-state index contributed by atoms with van der Waals surface area (Å²) >= 11 is 0. The lowest BCUT2D eigenvalue weighted by molar-refractivity contribution is -0.676. The molecule has 0 unspecified atom stereocenters. The smallest absolute Gasteiger partial charge is 0.181 e. The van der Waals surface area contributed by atoms with Crippen molar-refractivity contribution in [1.29, 1.82) is 0 Å². The summed E-state index contributed by atoms with van der Waals surface area (Å²) < 4.78 is 25.7. The second kappa shape index (κ2) is 6.66. The van der Waals surface area contributed by atoms with Gasteiger partial charge in [-0.25, -0.2) is 8.78 Å². The maximum absolute atomic E-state index is 12.9. The Morgan fingerprint density at radius 2 is 1.64 bits per heavy atom. The molecule has 0 spiro atoms. The third-order valence-corrected chi connectivity index (χ3v) is 3.63. The van der Waals surface area contributed by atoms with Gasteiger partial charge < -0.3 is 10.2 Å². The van der Waals surface area contributed by atoms with E-state index in [-0.39, 0.29) is 17.7 Å². The van der Waals surface area contributed by atoms with E-state index in [1.807, 2.05) is 0 Å². The van der Waals surface area contributed by atoms with Crippen LogP contribution in [0.25, 0.3) is 0 Å². The molecule has 22 heavy (non-hydrogen) atoms. The fourth-order valence-corrected chi connectivity index (χ4v) is 2.42. The molecule has 3 nitrogen and oxygen atoms in total. The molecule has 1 aliphatic heterocycles. The summed E-state index contributed by atoms with van der Waals surface area (Å²) in [6.07, 6.45) is 0.728. The molecule has 2 aromatic carbocycles. The van der Waals surface area contributed by atoms with Crippen molar-refractivity contribution in [3.8, 4) is 0 Å². The van der Waals surface area contributed by atoms with Crippen LogP contribution in [0.3, 0.4) is 0 Å². The van der Waals surface area contributed by atoms with Crippen LogP contribution in [-0.2, 0) is 11.4 Å². The molecule has 1 atom stereocenters. The Morgan fingerprint density at radius 3 is 2.32 bits per heavy atom. The lowest BCUT2D eigenvalue weighted by Gasteiger charge is -2.07. The van der Waals surface area contributed by atoms with Crippen LogP contribution in [-0.4, -0.2) is 18.4 Å². The molecule has 0 radical (unpaired) electrons. The van der Waals surface area contributed by atoms with Gasteiger partial charge in [0.05, 0.1) is 5.71 Å². The van der Waals surface area contributed by atoms with Gasteiger partial charge in [-0.1, -0.05) is 29.4 Å². The Hall–Kier alpha value is -2.27. The molecule has 0 saturated carbocycles. The van der Waals surface area contributed by atoms with E-state index < -0.39 is 0 Å². The zero-order valence-corrected chi connectivity index (χ0v) is 12.0. The van der Waals surface area contributed by atoms with Crippen molar-refractivity contribution in [2.75, 3.05) is 6.54 Å². The van der Waals surface area contributed by atoms with Gasteiger partial charge in [-0.05, 0) is 29.8 Å². The number of oxime groups is 1. The van der Waals surface area contributed by atoms with Gasteiger partial charge >= 0.3 is 0 Å². The fraction of sp³-hybridized carbons (Fsp3) is 0.235. The van der Waals surface area contributed by atoms with Gasteiger partial charge in [-0.15, -0.1) is 0 Å². The topological polar surface area (TPSA) is 38.2 Å². The van der Waals surface area contributed by atoms with Crippen LogP contribution in [0, 0.1) is 11.6 Å². The molecule has 2 aromatic rings. The number of benzene rings is 2.